The largest absolute Gasteiger partial charge is 0.493 e. The lowest BCUT2D eigenvalue weighted by Gasteiger charge is -2.33. The predicted octanol–water partition coefficient (Wildman–Crippen LogP) is 6.25. The van der Waals surface area contributed by atoms with Crippen LogP contribution in [0.15, 0.2) is 18.2 Å². The van der Waals surface area contributed by atoms with Gasteiger partial charge in [-0.3, -0.25) is 4.79 Å². The van der Waals surface area contributed by atoms with E-state index in [1.165, 1.54) is 12.1 Å². The Bertz CT molecular complexity index is 756. The van der Waals surface area contributed by atoms with Crippen LogP contribution in [0.4, 0.5) is 9.18 Å². The Morgan fingerprint density at radius 3 is 2.29 bits per heavy atom. The zero-order valence-corrected chi connectivity index (χ0v) is 19.9. The summed E-state index contributed by atoms with van der Waals surface area (Å²) >= 11 is 0. The molecule has 0 N–H and O–H groups in total. The van der Waals surface area contributed by atoms with E-state index in [0.29, 0.717) is 24.7 Å². The number of halogens is 1. The van der Waals surface area contributed by atoms with Crippen LogP contribution < -0.4 is 4.74 Å². The number of nitrogens with zero attached hydrogens (tertiary/aromatic N) is 1. The second kappa shape index (κ2) is 10.5. The molecule has 1 amide bonds. The van der Waals surface area contributed by atoms with Gasteiger partial charge in [0, 0.05) is 25.6 Å². The minimum atomic E-state index is -0.527. The predicted molar refractivity (Wildman–Crippen MR) is 120 cm³/mol. The van der Waals surface area contributed by atoms with Crippen LogP contribution in [0.5, 0.6) is 5.75 Å². The number of hydrogen-bond donors (Lipinski definition) is 0. The van der Waals surface area contributed by atoms with E-state index >= 15 is 0 Å². The SMILES string of the molecule is CC(C)(C)CC(=O)c1ccc(OCCCC2CCN(C(=O)OC(C)(C)C)CC2)cc1F. The molecule has 1 saturated heterocycles. The fraction of sp³-hybridized carbons (Fsp3) is 0.680. The van der Waals surface area contributed by atoms with Gasteiger partial charge in [-0.15, -0.1) is 0 Å². The summed E-state index contributed by atoms with van der Waals surface area (Å²) < 4.78 is 25.5. The van der Waals surface area contributed by atoms with Gasteiger partial charge < -0.3 is 14.4 Å². The summed E-state index contributed by atoms with van der Waals surface area (Å²) in [6, 6.07) is 4.48. The Hall–Kier alpha value is -2.11. The zero-order chi connectivity index (χ0) is 23.2. The Kier molecular flexibility index (Phi) is 8.49. The first-order chi connectivity index (χ1) is 14.3. The van der Waals surface area contributed by atoms with Crippen LogP contribution in [-0.2, 0) is 4.74 Å². The average molecular weight is 436 g/mol. The molecule has 2 rings (SSSR count). The molecule has 1 aromatic rings. The number of ketones is 1. The Balaban J connectivity index is 1.71. The third kappa shape index (κ3) is 8.88. The highest BCUT2D eigenvalue weighted by atomic mass is 19.1. The van der Waals surface area contributed by atoms with Gasteiger partial charge in [0.15, 0.2) is 5.78 Å². The molecule has 1 fully saturated rings. The quantitative estimate of drug-likeness (QED) is 0.375. The second-order valence-corrected chi connectivity index (χ2v) is 10.7. The Morgan fingerprint density at radius 1 is 1.10 bits per heavy atom. The van der Waals surface area contributed by atoms with E-state index in [9.17, 15) is 14.0 Å². The van der Waals surface area contributed by atoms with Crippen molar-refractivity contribution in [3.8, 4) is 5.75 Å². The van der Waals surface area contributed by atoms with Crippen LogP contribution in [0.3, 0.4) is 0 Å². The molecular weight excluding hydrogens is 397 g/mol. The van der Waals surface area contributed by atoms with Crippen LogP contribution in [0.2, 0.25) is 0 Å². The van der Waals surface area contributed by atoms with Gasteiger partial charge in [-0.25, -0.2) is 9.18 Å². The van der Waals surface area contributed by atoms with Crippen molar-refractivity contribution in [2.75, 3.05) is 19.7 Å². The van der Waals surface area contributed by atoms with Crippen LogP contribution in [0.25, 0.3) is 0 Å². The van der Waals surface area contributed by atoms with E-state index in [1.54, 1.807) is 11.0 Å². The van der Waals surface area contributed by atoms with E-state index in [-0.39, 0.29) is 22.9 Å². The van der Waals surface area contributed by atoms with Gasteiger partial charge in [0.1, 0.15) is 17.2 Å². The van der Waals surface area contributed by atoms with Gasteiger partial charge in [-0.2, -0.15) is 0 Å². The smallest absolute Gasteiger partial charge is 0.410 e. The van der Waals surface area contributed by atoms with E-state index in [1.807, 2.05) is 41.5 Å². The molecule has 0 aromatic heterocycles. The molecule has 1 aliphatic rings. The lowest BCUT2D eigenvalue weighted by molar-refractivity contribution is 0.0179. The van der Waals surface area contributed by atoms with Crippen LogP contribution >= 0.6 is 0 Å². The Labute approximate surface area is 186 Å². The monoisotopic (exact) mass is 435 g/mol. The number of carbonyl (C=O) groups excluding carboxylic acids is 2. The van der Waals surface area contributed by atoms with E-state index in [2.05, 4.69) is 0 Å². The van der Waals surface area contributed by atoms with Crippen LogP contribution in [0.1, 0.15) is 84.0 Å². The van der Waals surface area contributed by atoms with Crippen molar-refractivity contribution in [3.63, 3.8) is 0 Å². The molecule has 174 valence electrons. The maximum Gasteiger partial charge on any atom is 0.410 e. The standard InChI is InChI=1S/C25H38FNO4/c1-24(2,3)17-22(28)20-10-9-19(16-21(20)26)30-15-7-8-18-11-13-27(14-12-18)23(29)31-25(4,5)6/h9-10,16,18H,7-8,11-15,17H2,1-6H3. The van der Waals surface area contributed by atoms with Crippen molar-refractivity contribution in [3.05, 3.63) is 29.6 Å². The summed E-state index contributed by atoms with van der Waals surface area (Å²) in [7, 11) is 0. The number of Topliss-reactive ketones (excluding diaryl/α,β-unsaturated/α-hetero) is 1. The van der Waals surface area contributed by atoms with Crippen molar-refractivity contribution < 1.29 is 23.5 Å². The van der Waals surface area contributed by atoms with Gasteiger partial charge in [0.25, 0.3) is 0 Å². The third-order valence-electron chi connectivity index (χ3n) is 5.22. The maximum absolute atomic E-state index is 14.3. The maximum atomic E-state index is 14.3. The Morgan fingerprint density at radius 2 is 1.74 bits per heavy atom. The second-order valence-electron chi connectivity index (χ2n) is 10.7. The lowest BCUT2D eigenvalue weighted by Crippen LogP contribution is -2.41. The highest BCUT2D eigenvalue weighted by Crippen LogP contribution is 2.26. The molecule has 0 atom stereocenters. The summed E-state index contributed by atoms with van der Waals surface area (Å²) in [5, 5.41) is 0. The van der Waals surface area contributed by atoms with Crippen molar-refractivity contribution in [2.45, 2.75) is 79.2 Å². The first-order valence-corrected chi connectivity index (χ1v) is 11.3. The van der Waals surface area contributed by atoms with Crippen molar-refractivity contribution >= 4 is 11.9 Å². The summed E-state index contributed by atoms with van der Waals surface area (Å²) in [5.74, 6) is 0.288. The zero-order valence-electron chi connectivity index (χ0n) is 19.9. The topological polar surface area (TPSA) is 55.8 Å². The van der Waals surface area contributed by atoms with Gasteiger partial charge in [-0.1, -0.05) is 20.8 Å². The number of amides is 1. The summed E-state index contributed by atoms with van der Waals surface area (Å²) in [4.78, 5) is 26.2. The fourth-order valence-electron chi connectivity index (χ4n) is 3.68. The number of piperidine rings is 1. The molecule has 0 saturated carbocycles. The molecule has 31 heavy (non-hydrogen) atoms. The van der Waals surface area contributed by atoms with Gasteiger partial charge in [-0.05, 0) is 69.9 Å². The van der Waals surface area contributed by atoms with E-state index in [0.717, 1.165) is 38.8 Å². The van der Waals surface area contributed by atoms with Crippen molar-refractivity contribution in [1.29, 1.82) is 0 Å². The summed E-state index contributed by atoms with van der Waals surface area (Å²) in [6.45, 7) is 13.4. The molecule has 0 bridgehead atoms. The lowest BCUT2D eigenvalue weighted by atomic mass is 9.88. The molecule has 1 heterocycles. The molecule has 0 unspecified atom stereocenters. The molecule has 6 heteroatoms. The minimum Gasteiger partial charge on any atom is -0.493 e. The van der Waals surface area contributed by atoms with Gasteiger partial charge >= 0.3 is 6.09 Å². The third-order valence-corrected chi connectivity index (χ3v) is 5.22. The van der Waals surface area contributed by atoms with Gasteiger partial charge in [0.05, 0.1) is 12.2 Å². The molecule has 1 aliphatic heterocycles. The summed E-state index contributed by atoms with van der Waals surface area (Å²) in [6.07, 6.45) is 3.85. The number of ether oxygens (including phenoxy) is 2. The normalized spacial score (nSPS) is 15.6. The van der Waals surface area contributed by atoms with Crippen LogP contribution in [-0.4, -0.2) is 42.1 Å². The average Bonchev–Trinajstić information content (AvgIpc) is 2.63. The first-order valence-electron chi connectivity index (χ1n) is 11.3. The molecule has 0 aliphatic carbocycles. The van der Waals surface area contributed by atoms with Crippen molar-refractivity contribution in [1.82, 2.24) is 4.90 Å². The number of benzene rings is 1. The molecule has 5 nitrogen and oxygen atoms in total. The van der Waals surface area contributed by atoms with E-state index in [4.69, 9.17) is 9.47 Å². The fourth-order valence-corrected chi connectivity index (χ4v) is 3.68. The number of likely N-dealkylation sites (tertiary alicyclic amines) is 1. The highest BCUT2D eigenvalue weighted by Gasteiger charge is 2.26. The number of carbonyl (C=O) groups is 2. The van der Waals surface area contributed by atoms with Crippen LogP contribution in [0, 0.1) is 17.2 Å². The first kappa shape index (κ1) is 25.2. The number of rotatable bonds is 7. The minimum absolute atomic E-state index is 0.124. The molecule has 0 spiro atoms. The van der Waals surface area contributed by atoms with Crippen molar-refractivity contribution in [2.24, 2.45) is 11.3 Å². The molecule has 1 aromatic carbocycles. The highest BCUT2D eigenvalue weighted by molar-refractivity contribution is 5.96. The molecule has 0 radical (unpaired) electrons. The summed E-state index contributed by atoms with van der Waals surface area (Å²) in [5.41, 5.74) is -0.524. The number of hydrogen-bond acceptors (Lipinski definition) is 4. The van der Waals surface area contributed by atoms with Gasteiger partial charge in [0.2, 0.25) is 0 Å². The molecular formula is C25H38FNO4. The van der Waals surface area contributed by atoms with E-state index < -0.39 is 11.4 Å².